The summed E-state index contributed by atoms with van der Waals surface area (Å²) in [4.78, 5) is 12.6. The number of carbonyl (C=O) groups is 1. The second kappa shape index (κ2) is 32.3. The van der Waals surface area contributed by atoms with Crippen LogP contribution in [-0.4, -0.2) is 158 Å². The van der Waals surface area contributed by atoms with Gasteiger partial charge in [0.25, 0.3) is 0 Å². The van der Waals surface area contributed by atoms with E-state index in [2.05, 4.69) is 10.6 Å². The van der Waals surface area contributed by atoms with Gasteiger partial charge in [-0.1, -0.05) is 18.2 Å². The van der Waals surface area contributed by atoms with E-state index in [0.29, 0.717) is 131 Å². The van der Waals surface area contributed by atoms with Crippen LogP contribution in [0.4, 0.5) is 24.5 Å². The fraction of sp³-hybridized carbons (Fsp3) is 0.649. The largest absolute Gasteiger partial charge is 0.460 e. The number of para-hydroxylation sites is 1. The van der Waals surface area contributed by atoms with E-state index < -0.39 is 17.7 Å². The first-order chi connectivity index (χ1) is 26.4. The van der Waals surface area contributed by atoms with Crippen molar-refractivity contribution in [2.45, 2.75) is 6.18 Å². The zero-order valence-electron chi connectivity index (χ0n) is 31.2. The van der Waals surface area contributed by atoms with Crippen molar-refractivity contribution in [3.05, 3.63) is 59.7 Å². The van der Waals surface area contributed by atoms with Gasteiger partial charge in [-0.3, -0.25) is 0 Å². The summed E-state index contributed by atoms with van der Waals surface area (Å²) in [5.41, 5.74) is -0.0907. The highest BCUT2D eigenvalue weighted by molar-refractivity contribution is 5.96. The second-order valence-electron chi connectivity index (χ2n) is 11.1. The second-order valence-corrected chi connectivity index (χ2v) is 11.1. The molecule has 0 unspecified atom stereocenters. The van der Waals surface area contributed by atoms with Gasteiger partial charge in [0.15, 0.2) is 0 Å². The number of anilines is 2. The van der Waals surface area contributed by atoms with Crippen molar-refractivity contribution in [3.63, 3.8) is 0 Å². The number of benzene rings is 2. The average molecular weight is 779 g/mol. The van der Waals surface area contributed by atoms with Gasteiger partial charge in [0, 0.05) is 12.2 Å². The zero-order valence-corrected chi connectivity index (χ0v) is 31.2. The van der Waals surface area contributed by atoms with Crippen LogP contribution >= 0.6 is 0 Å². The van der Waals surface area contributed by atoms with Crippen LogP contribution in [0.1, 0.15) is 15.9 Å². The number of halogens is 3. The molecule has 2 N–H and O–H groups in total. The number of alkyl halides is 3. The van der Waals surface area contributed by atoms with E-state index in [9.17, 15) is 18.0 Å². The minimum Gasteiger partial charge on any atom is -0.460 e. The maximum Gasteiger partial charge on any atom is 0.416 e. The topological polar surface area (TPSA) is 143 Å². The summed E-state index contributed by atoms with van der Waals surface area (Å²) in [6, 6.07) is 11.1. The van der Waals surface area contributed by atoms with Crippen LogP contribution in [-0.2, 0) is 58.3 Å². The van der Waals surface area contributed by atoms with Crippen LogP contribution in [0.5, 0.6) is 0 Å². The Morgan fingerprint density at radius 3 is 1.31 bits per heavy atom. The number of carbonyl (C=O) groups excluding carboxylic acids is 1. The number of nitrogens with one attached hydrogen (secondary N) is 2. The Hall–Kier alpha value is -2.94. The molecule has 0 aromatic heterocycles. The van der Waals surface area contributed by atoms with Crippen LogP contribution in [0, 0.1) is 0 Å². The quantitative estimate of drug-likeness (QED) is 0.0761. The molecule has 0 amide bonds. The molecule has 54 heavy (non-hydrogen) atoms. The molecule has 2 aromatic rings. The number of esters is 1. The molecular weight excluding hydrogens is 721 g/mol. The van der Waals surface area contributed by atoms with Gasteiger partial charge in [0.05, 0.1) is 149 Å². The summed E-state index contributed by atoms with van der Waals surface area (Å²) in [7, 11) is 1.88. The van der Waals surface area contributed by atoms with Crippen LogP contribution in [0.3, 0.4) is 0 Å². The molecule has 0 saturated heterocycles. The predicted molar refractivity (Wildman–Crippen MR) is 194 cm³/mol. The third-order valence-electron chi connectivity index (χ3n) is 6.92. The highest BCUT2D eigenvalue weighted by Gasteiger charge is 2.30. The highest BCUT2D eigenvalue weighted by atomic mass is 19.4. The van der Waals surface area contributed by atoms with E-state index >= 15 is 0 Å². The molecule has 0 spiro atoms. The number of hydrogen-bond donors (Lipinski definition) is 2. The van der Waals surface area contributed by atoms with Crippen molar-refractivity contribution in [1.29, 1.82) is 0 Å². The molecule has 308 valence electrons. The summed E-state index contributed by atoms with van der Waals surface area (Å²) >= 11 is 0. The molecule has 0 atom stereocenters. The van der Waals surface area contributed by atoms with Crippen LogP contribution in [0.15, 0.2) is 48.5 Å². The monoisotopic (exact) mass is 778 g/mol. The van der Waals surface area contributed by atoms with E-state index in [1.165, 1.54) is 18.2 Å². The first-order valence-corrected chi connectivity index (χ1v) is 18.0. The van der Waals surface area contributed by atoms with E-state index in [-0.39, 0.29) is 24.5 Å². The SMILES string of the molecule is CNCCOCCOCCOCCOCCOCCOCCOCCOCCOCCOCCOC(=O)c1ccccc1Nc1cccc(C(F)(F)F)c1. The molecule has 0 aliphatic heterocycles. The van der Waals surface area contributed by atoms with Crippen LogP contribution < -0.4 is 10.6 Å². The van der Waals surface area contributed by atoms with Crippen molar-refractivity contribution in [3.8, 4) is 0 Å². The Balaban J connectivity index is 1.29. The van der Waals surface area contributed by atoms with Gasteiger partial charge in [-0.25, -0.2) is 4.79 Å². The highest BCUT2D eigenvalue weighted by Crippen LogP contribution is 2.32. The lowest BCUT2D eigenvalue weighted by atomic mass is 10.1. The molecular formula is C37H57F3N2O12. The van der Waals surface area contributed by atoms with Crippen LogP contribution in [0.2, 0.25) is 0 Å². The standard InChI is InChI=1S/C37H57F3N2O12/c1-41-9-10-44-11-12-45-13-14-46-15-16-47-17-18-48-19-20-49-21-22-50-23-24-51-25-26-52-27-28-53-29-30-54-36(43)34-7-2-3-8-35(34)42-33-6-4-5-32(31-33)37(38,39)40/h2-8,31,41-42H,9-30H2,1H3. The third kappa shape index (κ3) is 25.2. The molecule has 17 heteroatoms. The Morgan fingerprint density at radius 1 is 0.519 bits per heavy atom. The number of likely N-dealkylation sites (N-methyl/N-ethyl adjacent to an activating group) is 1. The maximum atomic E-state index is 13.0. The minimum absolute atomic E-state index is 0.00177. The molecule has 0 fully saturated rings. The van der Waals surface area contributed by atoms with Gasteiger partial charge < -0.3 is 62.7 Å². The van der Waals surface area contributed by atoms with Gasteiger partial charge in [-0.05, 0) is 37.4 Å². The molecule has 0 heterocycles. The van der Waals surface area contributed by atoms with E-state index in [1.54, 1.807) is 18.2 Å². The molecule has 14 nitrogen and oxygen atoms in total. The van der Waals surface area contributed by atoms with Crippen LogP contribution in [0.25, 0.3) is 0 Å². The first-order valence-electron chi connectivity index (χ1n) is 18.0. The molecule has 0 saturated carbocycles. The summed E-state index contributed by atoms with van der Waals surface area (Å²) in [5, 5.41) is 5.87. The Labute approximate surface area is 316 Å². The molecule has 2 aromatic carbocycles. The predicted octanol–water partition coefficient (Wildman–Crippen LogP) is 3.99. The number of ether oxygens (including phenoxy) is 11. The van der Waals surface area contributed by atoms with Gasteiger partial charge in [0.2, 0.25) is 0 Å². The van der Waals surface area contributed by atoms with E-state index in [1.807, 2.05) is 7.05 Å². The lowest BCUT2D eigenvalue weighted by molar-refractivity contribution is -0.137. The fourth-order valence-electron chi connectivity index (χ4n) is 4.23. The summed E-state index contributed by atoms with van der Waals surface area (Å²) < 4.78 is 98.8. The van der Waals surface area contributed by atoms with Gasteiger partial charge in [-0.2, -0.15) is 13.2 Å². The Bertz CT molecular complexity index is 1200. The molecule has 0 aliphatic rings. The number of hydrogen-bond acceptors (Lipinski definition) is 14. The Kier molecular flexibility index (Phi) is 28.3. The van der Waals surface area contributed by atoms with E-state index in [4.69, 9.17) is 52.1 Å². The van der Waals surface area contributed by atoms with Gasteiger partial charge in [0.1, 0.15) is 6.61 Å². The molecule has 2 rings (SSSR count). The summed E-state index contributed by atoms with van der Waals surface area (Å²) in [5.74, 6) is -0.629. The normalized spacial score (nSPS) is 11.6. The fourth-order valence-corrected chi connectivity index (χ4v) is 4.23. The Morgan fingerprint density at radius 2 is 0.907 bits per heavy atom. The van der Waals surface area contributed by atoms with Crippen molar-refractivity contribution in [1.82, 2.24) is 5.32 Å². The lowest BCUT2D eigenvalue weighted by Crippen LogP contribution is -2.17. The molecule has 0 bridgehead atoms. The average Bonchev–Trinajstić information content (AvgIpc) is 3.16. The molecule has 0 aliphatic carbocycles. The zero-order chi connectivity index (χ0) is 38.8. The smallest absolute Gasteiger partial charge is 0.416 e. The van der Waals surface area contributed by atoms with Crippen molar-refractivity contribution in [2.75, 3.05) is 158 Å². The lowest BCUT2D eigenvalue weighted by Gasteiger charge is -2.13. The van der Waals surface area contributed by atoms with E-state index in [0.717, 1.165) is 18.7 Å². The van der Waals surface area contributed by atoms with Crippen molar-refractivity contribution < 1.29 is 70.1 Å². The van der Waals surface area contributed by atoms with Gasteiger partial charge in [-0.15, -0.1) is 0 Å². The van der Waals surface area contributed by atoms with Gasteiger partial charge >= 0.3 is 12.1 Å². The third-order valence-corrected chi connectivity index (χ3v) is 6.92. The maximum absolute atomic E-state index is 13.0. The first kappa shape index (κ1) is 47.2. The number of rotatable bonds is 36. The van der Waals surface area contributed by atoms with Crippen molar-refractivity contribution in [2.24, 2.45) is 0 Å². The molecule has 0 radical (unpaired) electrons. The summed E-state index contributed by atoms with van der Waals surface area (Å²) in [6.45, 7) is 9.97. The minimum atomic E-state index is -4.48. The van der Waals surface area contributed by atoms with Crippen molar-refractivity contribution >= 4 is 17.3 Å². The summed E-state index contributed by atoms with van der Waals surface area (Å²) in [6.07, 6.45) is -4.48.